The van der Waals surface area contributed by atoms with Crippen LogP contribution >= 0.6 is 0 Å². The first kappa shape index (κ1) is 13.4. The van der Waals surface area contributed by atoms with Crippen LogP contribution in [0.2, 0.25) is 0 Å². The molecule has 1 aliphatic heterocycles. The molecule has 0 bridgehead atoms. The van der Waals surface area contributed by atoms with Crippen molar-refractivity contribution in [2.45, 2.75) is 46.1 Å². The standard InChI is InChI=1S/C16H25NO/c1-4-17-15(9-8-12(2)3)14-7-5-6-13-10-11-18-16(13)14/h5-7,12,15,17H,4,8-11H2,1-3H3. The van der Waals surface area contributed by atoms with Gasteiger partial charge in [0.2, 0.25) is 0 Å². The van der Waals surface area contributed by atoms with E-state index < -0.39 is 0 Å². The van der Waals surface area contributed by atoms with Crippen LogP contribution in [-0.2, 0) is 6.42 Å². The summed E-state index contributed by atoms with van der Waals surface area (Å²) < 4.78 is 5.82. The fourth-order valence-electron chi connectivity index (χ4n) is 2.63. The van der Waals surface area contributed by atoms with Crippen LogP contribution in [0.4, 0.5) is 0 Å². The van der Waals surface area contributed by atoms with Gasteiger partial charge in [-0.2, -0.15) is 0 Å². The monoisotopic (exact) mass is 247 g/mol. The molecule has 0 fully saturated rings. The van der Waals surface area contributed by atoms with E-state index in [-0.39, 0.29) is 0 Å². The van der Waals surface area contributed by atoms with Gasteiger partial charge in [0.05, 0.1) is 6.61 Å². The van der Waals surface area contributed by atoms with E-state index in [1.165, 1.54) is 24.0 Å². The summed E-state index contributed by atoms with van der Waals surface area (Å²) in [6.07, 6.45) is 3.50. The highest BCUT2D eigenvalue weighted by Gasteiger charge is 2.21. The largest absolute Gasteiger partial charge is 0.493 e. The second kappa shape index (κ2) is 6.24. The van der Waals surface area contributed by atoms with Crippen LogP contribution in [0.5, 0.6) is 5.75 Å². The maximum Gasteiger partial charge on any atom is 0.127 e. The Morgan fingerprint density at radius 1 is 1.28 bits per heavy atom. The van der Waals surface area contributed by atoms with Crippen LogP contribution in [-0.4, -0.2) is 13.2 Å². The van der Waals surface area contributed by atoms with E-state index in [0.717, 1.165) is 31.2 Å². The minimum atomic E-state index is 0.436. The third kappa shape index (κ3) is 3.05. The van der Waals surface area contributed by atoms with Crippen LogP contribution in [0.15, 0.2) is 18.2 Å². The molecule has 2 nitrogen and oxygen atoms in total. The number of benzene rings is 1. The second-order valence-electron chi connectivity index (χ2n) is 5.52. The zero-order valence-electron chi connectivity index (χ0n) is 11.8. The molecule has 0 radical (unpaired) electrons. The average Bonchev–Trinajstić information content (AvgIpc) is 2.82. The molecule has 18 heavy (non-hydrogen) atoms. The van der Waals surface area contributed by atoms with Gasteiger partial charge >= 0.3 is 0 Å². The van der Waals surface area contributed by atoms with Gasteiger partial charge in [-0.3, -0.25) is 0 Å². The van der Waals surface area contributed by atoms with Crippen molar-refractivity contribution in [3.05, 3.63) is 29.3 Å². The Bertz CT molecular complexity index is 387. The summed E-state index contributed by atoms with van der Waals surface area (Å²) in [5.41, 5.74) is 2.73. The van der Waals surface area contributed by atoms with Gasteiger partial charge in [0.25, 0.3) is 0 Å². The van der Waals surface area contributed by atoms with Crippen LogP contribution in [0.1, 0.15) is 50.8 Å². The number of hydrogen-bond acceptors (Lipinski definition) is 2. The number of fused-ring (bicyclic) bond motifs is 1. The summed E-state index contributed by atoms with van der Waals surface area (Å²) in [5, 5.41) is 3.60. The fourth-order valence-corrected chi connectivity index (χ4v) is 2.63. The normalized spacial score (nSPS) is 15.6. The summed E-state index contributed by atoms with van der Waals surface area (Å²) in [6, 6.07) is 7.02. The SMILES string of the molecule is CCNC(CCC(C)C)c1cccc2c1OCC2. The molecule has 0 saturated heterocycles. The maximum absolute atomic E-state index is 5.82. The van der Waals surface area contributed by atoms with E-state index in [0.29, 0.717) is 6.04 Å². The van der Waals surface area contributed by atoms with Crippen molar-refractivity contribution in [1.29, 1.82) is 0 Å². The maximum atomic E-state index is 5.82. The molecule has 0 aromatic heterocycles. The number of hydrogen-bond donors (Lipinski definition) is 1. The third-order valence-corrected chi connectivity index (χ3v) is 3.60. The van der Waals surface area contributed by atoms with Crippen LogP contribution < -0.4 is 10.1 Å². The minimum Gasteiger partial charge on any atom is -0.493 e. The van der Waals surface area contributed by atoms with Gasteiger partial charge < -0.3 is 10.1 Å². The molecule has 100 valence electrons. The highest BCUT2D eigenvalue weighted by molar-refractivity contribution is 5.45. The van der Waals surface area contributed by atoms with E-state index in [1.54, 1.807) is 0 Å². The Kier molecular flexibility index (Phi) is 4.65. The van der Waals surface area contributed by atoms with Gasteiger partial charge in [-0.15, -0.1) is 0 Å². The zero-order chi connectivity index (χ0) is 13.0. The van der Waals surface area contributed by atoms with Gasteiger partial charge in [0.15, 0.2) is 0 Å². The molecule has 1 heterocycles. The molecule has 1 atom stereocenters. The van der Waals surface area contributed by atoms with Gasteiger partial charge in [-0.25, -0.2) is 0 Å². The zero-order valence-corrected chi connectivity index (χ0v) is 11.8. The summed E-state index contributed by atoms with van der Waals surface area (Å²) >= 11 is 0. The van der Waals surface area contributed by atoms with Crippen LogP contribution in [0, 0.1) is 5.92 Å². The Labute approximate surface area is 111 Å². The Morgan fingerprint density at radius 3 is 2.83 bits per heavy atom. The van der Waals surface area contributed by atoms with Crippen LogP contribution in [0.25, 0.3) is 0 Å². The van der Waals surface area contributed by atoms with Crippen molar-refractivity contribution in [3.8, 4) is 5.75 Å². The fraction of sp³-hybridized carbons (Fsp3) is 0.625. The lowest BCUT2D eigenvalue weighted by atomic mass is 9.95. The van der Waals surface area contributed by atoms with Gasteiger partial charge in [0, 0.05) is 18.0 Å². The quantitative estimate of drug-likeness (QED) is 0.827. The Hall–Kier alpha value is -1.02. The van der Waals surface area contributed by atoms with Gasteiger partial charge in [0.1, 0.15) is 5.75 Å². The van der Waals surface area contributed by atoms with Crippen molar-refractivity contribution < 1.29 is 4.74 Å². The number of rotatable bonds is 6. The van der Waals surface area contributed by atoms with Crippen LogP contribution in [0.3, 0.4) is 0 Å². The molecule has 0 spiro atoms. The molecule has 1 N–H and O–H groups in total. The van der Waals surface area contributed by atoms with E-state index in [9.17, 15) is 0 Å². The molecule has 2 heteroatoms. The first-order valence-corrected chi connectivity index (χ1v) is 7.20. The van der Waals surface area contributed by atoms with Crippen molar-refractivity contribution in [2.75, 3.05) is 13.2 Å². The minimum absolute atomic E-state index is 0.436. The predicted molar refractivity (Wildman–Crippen MR) is 76.1 cm³/mol. The molecular formula is C16H25NO. The number of ether oxygens (including phenoxy) is 1. The van der Waals surface area contributed by atoms with Crippen molar-refractivity contribution in [2.24, 2.45) is 5.92 Å². The highest BCUT2D eigenvalue weighted by atomic mass is 16.5. The Balaban J connectivity index is 2.17. The lowest BCUT2D eigenvalue weighted by Crippen LogP contribution is -2.21. The van der Waals surface area contributed by atoms with Gasteiger partial charge in [-0.05, 0) is 30.9 Å². The molecule has 1 aliphatic rings. The number of nitrogens with one attached hydrogen (secondary N) is 1. The lowest BCUT2D eigenvalue weighted by Gasteiger charge is -2.21. The average molecular weight is 247 g/mol. The summed E-state index contributed by atoms with van der Waals surface area (Å²) in [5.74, 6) is 1.90. The van der Waals surface area contributed by atoms with Gasteiger partial charge in [-0.1, -0.05) is 39.0 Å². The molecule has 1 aromatic rings. The summed E-state index contributed by atoms with van der Waals surface area (Å²) in [6.45, 7) is 8.60. The lowest BCUT2D eigenvalue weighted by molar-refractivity contribution is 0.344. The molecule has 0 aliphatic carbocycles. The summed E-state index contributed by atoms with van der Waals surface area (Å²) in [7, 11) is 0. The van der Waals surface area contributed by atoms with E-state index in [2.05, 4.69) is 44.3 Å². The van der Waals surface area contributed by atoms with Crippen molar-refractivity contribution >= 4 is 0 Å². The Morgan fingerprint density at radius 2 is 2.11 bits per heavy atom. The highest BCUT2D eigenvalue weighted by Crippen LogP contribution is 2.35. The topological polar surface area (TPSA) is 21.3 Å². The number of para-hydroxylation sites is 1. The first-order valence-electron chi connectivity index (χ1n) is 7.20. The van der Waals surface area contributed by atoms with E-state index in [1.807, 2.05) is 0 Å². The molecule has 0 saturated carbocycles. The smallest absolute Gasteiger partial charge is 0.127 e. The third-order valence-electron chi connectivity index (χ3n) is 3.60. The van der Waals surface area contributed by atoms with Crippen molar-refractivity contribution in [3.63, 3.8) is 0 Å². The molecule has 1 unspecified atom stereocenters. The predicted octanol–water partition coefficient (Wildman–Crippen LogP) is 3.71. The first-order chi connectivity index (χ1) is 8.72. The molecule has 1 aromatic carbocycles. The molecular weight excluding hydrogens is 222 g/mol. The molecule has 2 rings (SSSR count). The van der Waals surface area contributed by atoms with Crippen molar-refractivity contribution in [1.82, 2.24) is 5.32 Å². The summed E-state index contributed by atoms with van der Waals surface area (Å²) in [4.78, 5) is 0. The molecule has 0 amide bonds. The van der Waals surface area contributed by atoms with E-state index in [4.69, 9.17) is 4.74 Å². The van der Waals surface area contributed by atoms with E-state index >= 15 is 0 Å². The second-order valence-corrected chi connectivity index (χ2v) is 5.52.